The van der Waals surface area contributed by atoms with Crippen molar-refractivity contribution in [3.05, 3.63) is 72.9 Å². The second-order valence-electron chi connectivity index (χ2n) is 12.0. The molecule has 0 saturated carbocycles. The van der Waals surface area contributed by atoms with Crippen molar-refractivity contribution in [1.82, 2.24) is 0 Å². The van der Waals surface area contributed by atoms with Gasteiger partial charge >= 0.3 is 11.9 Å². The highest BCUT2D eigenvalue weighted by Crippen LogP contribution is 2.22. The van der Waals surface area contributed by atoms with Gasteiger partial charge in [0.05, 0.1) is 13.2 Å². The standard InChI is InChI=1S/C39H62O10/c1-3-5-7-9-11-13-15-16-18-20-22-24-26-28-35(42)48-32(31-47-39-38(45)37(44)36(43)33(29-40)49-39)30-46-34(41)27-25-23-21-19-17-14-12-10-8-6-4-2/h5-9,11-15,19,21,32-33,36-40,43-45H,3-4,10,16-18,20,22-31H2,1-2H3/b7-5+,8-6+,11-9+,14-12+,15-13+,21-19+/t32?,33-,36+,37?,38?,39-/m1/s1. The lowest BCUT2D eigenvalue weighted by molar-refractivity contribution is -0.305. The Kier molecular flexibility index (Phi) is 27.0. The van der Waals surface area contributed by atoms with Crippen molar-refractivity contribution in [2.24, 2.45) is 0 Å². The van der Waals surface area contributed by atoms with Crippen molar-refractivity contribution in [3.8, 4) is 0 Å². The molecule has 0 bridgehead atoms. The molecule has 0 aromatic carbocycles. The van der Waals surface area contributed by atoms with E-state index < -0.39 is 55.4 Å². The molecule has 49 heavy (non-hydrogen) atoms. The highest BCUT2D eigenvalue weighted by atomic mass is 16.7. The van der Waals surface area contributed by atoms with Gasteiger partial charge in [0.2, 0.25) is 0 Å². The summed E-state index contributed by atoms with van der Waals surface area (Å²) in [6, 6.07) is 0. The van der Waals surface area contributed by atoms with E-state index in [0.29, 0.717) is 12.8 Å². The third kappa shape index (κ3) is 22.5. The van der Waals surface area contributed by atoms with Crippen molar-refractivity contribution >= 4 is 11.9 Å². The van der Waals surface area contributed by atoms with Crippen molar-refractivity contribution in [2.75, 3.05) is 19.8 Å². The van der Waals surface area contributed by atoms with Gasteiger partial charge in [0, 0.05) is 12.8 Å². The van der Waals surface area contributed by atoms with E-state index >= 15 is 0 Å². The van der Waals surface area contributed by atoms with Gasteiger partial charge in [-0.3, -0.25) is 9.59 Å². The Bertz CT molecular complexity index is 1030. The second-order valence-corrected chi connectivity index (χ2v) is 12.0. The maximum Gasteiger partial charge on any atom is 0.306 e. The number of allylic oxidation sites excluding steroid dienone is 12. The lowest BCUT2D eigenvalue weighted by Crippen LogP contribution is -2.59. The Labute approximate surface area is 293 Å². The number of hydrogen-bond acceptors (Lipinski definition) is 10. The number of hydrogen-bond donors (Lipinski definition) is 4. The molecule has 278 valence electrons. The van der Waals surface area contributed by atoms with Crippen LogP contribution >= 0.6 is 0 Å². The van der Waals surface area contributed by atoms with Crippen LogP contribution in [0.3, 0.4) is 0 Å². The van der Waals surface area contributed by atoms with Crippen LogP contribution in [0.25, 0.3) is 0 Å². The SMILES string of the molecule is CC/C=C/C=C/C=C/CCCCCCCC(=O)OC(COC(=O)CCC/C=C/C/C=C/C/C=C/CC)CO[C@@H]1O[C@H](CO)[C@H](O)C(O)C1O. The lowest BCUT2D eigenvalue weighted by atomic mass is 9.99. The van der Waals surface area contributed by atoms with E-state index in [0.717, 1.165) is 64.2 Å². The summed E-state index contributed by atoms with van der Waals surface area (Å²) in [6.07, 6.45) is 27.9. The number of esters is 2. The molecule has 4 N–H and O–H groups in total. The number of carbonyl (C=O) groups excluding carboxylic acids is 2. The number of rotatable bonds is 27. The summed E-state index contributed by atoms with van der Waals surface area (Å²) < 4.78 is 21.9. The van der Waals surface area contributed by atoms with Gasteiger partial charge in [0.25, 0.3) is 0 Å². The summed E-state index contributed by atoms with van der Waals surface area (Å²) in [6.45, 7) is 3.04. The van der Waals surface area contributed by atoms with Gasteiger partial charge in [-0.2, -0.15) is 0 Å². The van der Waals surface area contributed by atoms with Crippen LogP contribution in [0.1, 0.15) is 104 Å². The number of carbonyl (C=O) groups is 2. The van der Waals surface area contributed by atoms with E-state index in [1.54, 1.807) is 0 Å². The second kappa shape index (κ2) is 30.0. The Morgan fingerprint density at radius 1 is 0.653 bits per heavy atom. The van der Waals surface area contributed by atoms with Crippen LogP contribution < -0.4 is 0 Å². The Hall–Kier alpha value is -2.86. The summed E-state index contributed by atoms with van der Waals surface area (Å²) in [5.41, 5.74) is 0. The van der Waals surface area contributed by atoms with Crippen molar-refractivity contribution in [2.45, 2.75) is 141 Å². The number of aliphatic hydroxyl groups is 4. The monoisotopic (exact) mass is 690 g/mol. The summed E-state index contributed by atoms with van der Waals surface area (Å²) >= 11 is 0. The molecule has 1 aliphatic rings. The van der Waals surface area contributed by atoms with E-state index in [1.165, 1.54) is 0 Å². The fraction of sp³-hybridized carbons (Fsp3) is 0.641. The van der Waals surface area contributed by atoms with Crippen LogP contribution in [-0.4, -0.2) is 89.0 Å². The molecule has 1 heterocycles. The molecule has 6 atom stereocenters. The predicted molar refractivity (Wildman–Crippen MR) is 191 cm³/mol. The third-order valence-electron chi connectivity index (χ3n) is 7.65. The van der Waals surface area contributed by atoms with E-state index in [2.05, 4.69) is 62.5 Å². The van der Waals surface area contributed by atoms with Gasteiger partial charge in [0.1, 0.15) is 31.0 Å². The molecule has 0 spiro atoms. The topological polar surface area (TPSA) is 152 Å². The molecule has 0 radical (unpaired) electrons. The predicted octanol–water partition coefficient (Wildman–Crippen LogP) is 6.10. The van der Waals surface area contributed by atoms with Gasteiger partial charge < -0.3 is 39.4 Å². The number of ether oxygens (including phenoxy) is 4. The van der Waals surface area contributed by atoms with Crippen LogP contribution in [0, 0.1) is 0 Å². The maximum atomic E-state index is 12.7. The highest BCUT2D eigenvalue weighted by molar-refractivity contribution is 5.70. The largest absolute Gasteiger partial charge is 0.462 e. The summed E-state index contributed by atoms with van der Waals surface area (Å²) in [7, 11) is 0. The number of unbranched alkanes of at least 4 members (excludes halogenated alkanes) is 6. The minimum atomic E-state index is -1.61. The van der Waals surface area contributed by atoms with Crippen molar-refractivity contribution in [3.63, 3.8) is 0 Å². The molecule has 10 nitrogen and oxygen atoms in total. The van der Waals surface area contributed by atoms with Crippen molar-refractivity contribution < 1.29 is 49.0 Å². The molecular formula is C39H62O10. The van der Waals surface area contributed by atoms with Crippen molar-refractivity contribution in [1.29, 1.82) is 0 Å². The normalized spacial score (nSPS) is 22.4. The molecule has 0 amide bonds. The molecule has 0 aromatic rings. The fourth-order valence-corrected chi connectivity index (χ4v) is 4.80. The molecule has 1 saturated heterocycles. The minimum Gasteiger partial charge on any atom is -0.462 e. The van der Waals surface area contributed by atoms with Crippen LogP contribution in [0.4, 0.5) is 0 Å². The molecule has 0 aromatic heterocycles. The van der Waals surface area contributed by atoms with Crippen LogP contribution in [0.5, 0.6) is 0 Å². The molecule has 0 aliphatic carbocycles. The average Bonchev–Trinajstić information content (AvgIpc) is 3.10. The Morgan fingerprint density at radius 2 is 1.27 bits per heavy atom. The fourth-order valence-electron chi connectivity index (χ4n) is 4.80. The first-order chi connectivity index (χ1) is 23.8. The molecule has 10 heteroatoms. The van der Waals surface area contributed by atoms with Gasteiger partial charge in [0.15, 0.2) is 12.4 Å². The van der Waals surface area contributed by atoms with E-state index in [-0.39, 0.29) is 26.1 Å². The van der Waals surface area contributed by atoms with Crippen LogP contribution in [0.15, 0.2) is 72.9 Å². The molecule has 1 fully saturated rings. The molecular weight excluding hydrogens is 628 g/mol. The smallest absolute Gasteiger partial charge is 0.306 e. The average molecular weight is 691 g/mol. The quantitative estimate of drug-likeness (QED) is 0.0345. The summed E-state index contributed by atoms with van der Waals surface area (Å²) in [4.78, 5) is 25.1. The third-order valence-corrected chi connectivity index (χ3v) is 7.65. The first kappa shape index (κ1) is 44.2. The zero-order valence-electron chi connectivity index (χ0n) is 29.7. The van der Waals surface area contributed by atoms with Gasteiger partial charge in [-0.1, -0.05) is 106 Å². The van der Waals surface area contributed by atoms with E-state index in [4.69, 9.17) is 18.9 Å². The van der Waals surface area contributed by atoms with Crippen LogP contribution in [0.2, 0.25) is 0 Å². The molecule has 3 unspecified atom stereocenters. The maximum absolute atomic E-state index is 12.7. The van der Waals surface area contributed by atoms with Crippen LogP contribution in [-0.2, 0) is 28.5 Å². The molecule has 1 rings (SSSR count). The minimum absolute atomic E-state index is 0.192. The summed E-state index contributed by atoms with van der Waals surface area (Å²) in [5.74, 6) is -0.907. The number of aliphatic hydroxyl groups excluding tert-OH is 4. The van der Waals surface area contributed by atoms with Gasteiger partial charge in [-0.25, -0.2) is 0 Å². The Morgan fingerprint density at radius 3 is 1.98 bits per heavy atom. The van der Waals surface area contributed by atoms with Gasteiger partial charge in [-0.05, 0) is 57.8 Å². The Balaban J connectivity index is 2.49. The first-order valence-corrected chi connectivity index (χ1v) is 18.0. The first-order valence-electron chi connectivity index (χ1n) is 18.0. The summed E-state index contributed by atoms with van der Waals surface area (Å²) in [5, 5.41) is 39.8. The van der Waals surface area contributed by atoms with E-state index in [1.807, 2.05) is 24.3 Å². The molecule has 1 aliphatic heterocycles. The van der Waals surface area contributed by atoms with E-state index in [9.17, 15) is 30.0 Å². The zero-order valence-corrected chi connectivity index (χ0v) is 29.7. The lowest BCUT2D eigenvalue weighted by Gasteiger charge is -2.39. The zero-order chi connectivity index (χ0) is 36.0. The van der Waals surface area contributed by atoms with Gasteiger partial charge in [-0.15, -0.1) is 0 Å². The highest BCUT2D eigenvalue weighted by Gasteiger charge is 2.44.